The summed E-state index contributed by atoms with van der Waals surface area (Å²) in [6.45, 7) is 5.07. The van der Waals surface area contributed by atoms with Gasteiger partial charge in [0.2, 0.25) is 0 Å². The van der Waals surface area contributed by atoms with E-state index in [-0.39, 0.29) is 32.2 Å². The zero-order valence-electron chi connectivity index (χ0n) is 37.5. The summed E-state index contributed by atoms with van der Waals surface area (Å²) < 4.78 is 34.5. The van der Waals surface area contributed by atoms with Crippen LogP contribution in [0.1, 0.15) is 149 Å². The number of phosphoric ester groups is 1. The third-order valence-electron chi connectivity index (χ3n) is 8.87. The molecule has 0 aliphatic heterocycles. The fourth-order valence-corrected chi connectivity index (χ4v) is 6.14. The van der Waals surface area contributed by atoms with E-state index in [1.54, 1.807) is 0 Å². The van der Waals surface area contributed by atoms with Crippen molar-refractivity contribution in [1.29, 1.82) is 0 Å². The molecule has 2 atom stereocenters. The summed E-state index contributed by atoms with van der Waals surface area (Å²) in [5.74, 6) is -0.372. The maximum Gasteiger partial charge on any atom is 0.306 e. The van der Waals surface area contributed by atoms with Crippen molar-refractivity contribution >= 4 is 13.8 Å². The Labute approximate surface area is 356 Å². The van der Waals surface area contributed by atoms with Gasteiger partial charge < -0.3 is 27.9 Å². The van der Waals surface area contributed by atoms with E-state index in [1.807, 2.05) is 21.1 Å². The molecule has 0 aromatic heterocycles. The molecular weight excluding hydrogens is 746 g/mol. The van der Waals surface area contributed by atoms with Crippen LogP contribution >= 0.6 is 7.82 Å². The van der Waals surface area contributed by atoms with Gasteiger partial charge in [0.15, 0.2) is 0 Å². The van der Waals surface area contributed by atoms with Gasteiger partial charge in [-0.25, -0.2) is 0 Å². The zero-order chi connectivity index (χ0) is 42.7. The Morgan fingerprint density at radius 1 is 0.552 bits per heavy atom. The number of ether oxygens (including phenoxy) is 2. The zero-order valence-corrected chi connectivity index (χ0v) is 38.3. The van der Waals surface area contributed by atoms with E-state index in [0.717, 1.165) is 96.3 Å². The van der Waals surface area contributed by atoms with Gasteiger partial charge in [0.25, 0.3) is 7.82 Å². The van der Waals surface area contributed by atoms with Crippen molar-refractivity contribution in [2.24, 2.45) is 0 Å². The monoisotopic (exact) mass is 830 g/mol. The molecule has 2 unspecified atom stereocenters. The molecular formula is C49H84NO7P. The van der Waals surface area contributed by atoms with E-state index in [4.69, 9.17) is 18.5 Å². The summed E-state index contributed by atoms with van der Waals surface area (Å²) >= 11 is 0. The number of rotatable bonds is 40. The quantitative estimate of drug-likeness (QED) is 0.0200. The number of hydrogen-bond donors (Lipinski definition) is 0. The highest BCUT2D eigenvalue weighted by molar-refractivity contribution is 7.45. The third kappa shape index (κ3) is 44.5. The lowest BCUT2D eigenvalue weighted by atomic mass is 10.1. The van der Waals surface area contributed by atoms with Crippen LogP contribution in [0.5, 0.6) is 0 Å². The van der Waals surface area contributed by atoms with E-state index in [2.05, 4.69) is 111 Å². The van der Waals surface area contributed by atoms with Crippen LogP contribution < -0.4 is 4.89 Å². The number of phosphoric acid groups is 1. The van der Waals surface area contributed by atoms with Crippen LogP contribution in [0.4, 0.5) is 0 Å². The molecule has 0 bridgehead atoms. The summed E-state index contributed by atoms with van der Waals surface area (Å²) in [5, 5.41) is 0. The Bertz CT molecular complexity index is 1240. The summed E-state index contributed by atoms with van der Waals surface area (Å²) in [6, 6.07) is 0. The maximum atomic E-state index is 12.7. The minimum absolute atomic E-state index is 0.00666. The van der Waals surface area contributed by atoms with Crippen molar-refractivity contribution < 1.29 is 37.3 Å². The number of carbonyl (C=O) groups excluding carboxylic acids is 1. The molecule has 8 nitrogen and oxygen atoms in total. The normalized spacial score (nSPS) is 14.7. The molecule has 0 spiro atoms. The number of hydrogen-bond acceptors (Lipinski definition) is 7. The Kier molecular flexibility index (Phi) is 39.3. The fraction of sp³-hybridized carbons (Fsp3) is 0.653. The first-order valence-corrected chi connectivity index (χ1v) is 23.9. The van der Waals surface area contributed by atoms with Gasteiger partial charge in [-0.15, -0.1) is 0 Å². The topological polar surface area (TPSA) is 94.1 Å². The highest BCUT2D eigenvalue weighted by Crippen LogP contribution is 2.38. The molecule has 0 aromatic rings. The van der Waals surface area contributed by atoms with Crippen molar-refractivity contribution in [2.75, 3.05) is 54.1 Å². The lowest BCUT2D eigenvalue weighted by Gasteiger charge is -2.28. The second-order valence-corrected chi connectivity index (χ2v) is 17.1. The van der Waals surface area contributed by atoms with Crippen LogP contribution in [0.2, 0.25) is 0 Å². The van der Waals surface area contributed by atoms with Crippen LogP contribution in [-0.2, 0) is 27.9 Å². The van der Waals surface area contributed by atoms with E-state index in [1.165, 1.54) is 32.1 Å². The Hall–Kier alpha value is -2.58. The highest BCUT2D eigenvalue weighted by atomic mass is 31.2. The SMILES string of the molecule is CC/C=C\C/C=C\C/C=C\C/C=C\C/C=C\C/C=C\CCCOCC(COP(=O)([O-])OCC[N+](C)(C)C)OC(=O)CCCCCCC/C=C\C/C=C\CCCCCC. The van der Waals surface area contributed by atoms with Crippen LogP contribution in [-0.4, -0.2) is 70.7 Å². The molecule has 9 heteroatoms. The summed E-state index contributed by atoms with van der Waals surface area (Å²) in [4.78, 5) is 25.1. The Morgan fingerprint density at radius 2 is 1.00 bits per heavy atom. The average Bonchev–Trinajstić information content (AvgIpc) is 3.18. The van der Waals surface area contributed by atoms with Gasteiger partial charge in [-0.2, -0.15) is 0 Å². The van der Waals surface area contributed by atoms with E-state index in [0.29, 0.717) is 17.6 Å². The standard InChI is InChI=1S/C49H84NO7P/c1-6-8-10-12-14-16-18-20-22-24-25-26-27-29-31-33-35-37-39-41-44-54-46-48(47-56-58(52,53)55-45-43-50(3,4)5)57-49(51)42-40-38-36-34-32-30-28-23-21-19-17-15-13-11-9-7-2/h8,10,14,16-17,19-20,22-23,25-26,28-29,31,35,37,48H,6-7,9,11-13,15,18,21,24,27,30,32-34,36,38-47H2,1-5H3/b10-8-,16-14-,19-17-,22-20-,26-25-,28-23-,31-29-,37-35-. The second kappa shape index (κ2) is 41.2. The molecule has 332 valence electrons. The van der Waals surface area contributed by atoms with Crippen LogP contribution in [0.3, 0.4) is 0 Å². The van der Waals surface area contributed by atoms with Crippen molar-refractivity contribution in [3.8, 4) is 0 Å². The van der Waals surface area contributed by atoms with E-state index < -0.39 is 13.9 Å². The van der Waals surface area contributed by atoms with Crippen LogP contribution in [0.15, 0.2) is 97.2 Å². The van der Waals surface area contributed by atoms with Crippen molar-refractivity contribution in [2.45, 2.75) is 155 Å². The largest absolute Gasteiger partial charge is 0.756 e. The molecule has 0 saturated carbocycles. The number of likely N-dealkylation sites (N-methyl/N-ethyl adjacent to an activating group) is 1. The van der Waals surface area contributed by atoms with Crippen molar-refractivity contribution in [3.63, 3.8) is 0 Å². The minimum Gasteiger partial charge on any atom is -0.756 e. The van der Waals surface area contributed by atoms with Gasteiger partial charge >= 0.3 is 5.97 Å². The second-order valence-electron chi connectivity index (χ2n) is 15.7. The molecule has 0 radical (unpaired) electrons. The summed E-state index contributed by atoms with van der Waals surface area (Å²) in [6.07, 6.45) is 55.8. The number of allylic oxidation sites excluding steroid dienone is 16. The van der Waals surface area contributed by atoms with Gasteiger partial charge in [0.05, 0.1) is 34.4 Å². The molecule has 0 aliphatic carbocycles. The molecule has 0 saturated heterocycles. The maximum absolute atomic E-state index is 12.7. The van der Waals surface area contributed by atoms with Gasteiger partial charge in [-0.05, 0) is 89.9 Å². The number of nitrogens with zero attached hydrogens (tertiary/aromatic N) is 1. The molecule has 0 aliphatic rings. The lowest BCUT2D eigenvalue weighted by molar-refractivity contribution is -0.870. The third-order valence-corrected chi connectivity index (χ3v) is 9.83. The number of quaternary nitrogens is 1. The lowest BCUT2D eigenvalue weighted by Crippen LogP contribution is -2.37. The van der Waals surface area contributed by atoms with E-state index >= 15 is 0 Å². The number of carbonyl (C=O) groups is 1. The molecule has 0 amide bonds. The van der Waals surface area contributed by atoms with Gasteiger partial charge in [-0.1, -0.05) is 150 Å². The highest BCUT2D eigenvalue weighted by Gasteiger charge is 2.20. The van der Waals surface area contributed by atoms with Gasteiger partial charge in [-0.3, -0.25) is 9.36 Å². The Balaban J connectivity index is 4.39. The number of unbranched alkanes of at least 4 members (excludes halogenated alkanes) is 10. The van der Waals surface area contributed by atoms with Gasteiger partial charge in [0.1, 0.15) is 19.3 Å². The van der Waals surface area contributed by atoms with E-state index in [9.17, 15) is 14.3 Å². The molecule has 0 N–H and O–H groups in total. The first-order chi connectivity index (χ1) is 28.1. The first-order valence-electron chi connectivity index (χ1n) is 22.5. The minimum atomic E-state index is -4.55. The number of esters is 1. The summed E-state index contributed by atoms with van der Waals surface area (Å²) in [5.41, 5.74) is 0. The van der Waals surface area contributed by atoms with Crippen molar-refractivity contribution in [3.05, 3.63) is 97.2 Å². The average molecular weight is 830 g/mol. The Morgan fingerprint density at radius 3 is 1.50 bits per heavy atom. The summed E-state index contributed by atoms with van der Waals surface area (Å²) in [7, 11) is 1.29. The molecule has 58 heavy (non-hydrogen) atoms. The van der Waals surface area contributed by atoms with Gasteiger partial charge in [0, 0.05) is 13.0 Å². The molecule has 0 heterocycles. The van der Waals surface area contributed by atoms with Crippen LogP contribution in [0, 0.1) is 0 Å². The van der Waals surface area contributed by atoms with Crippen LogP contribution in [0.25, 0.3) is 0 Å². The smallest absolute Gasteiger partial charge is 0.306 e. The van der Waals surface area contributed by atoms with Crippen molar-refractivity contribution in [1.82, 2.24) is 0 Å². The molecule has 0 rings (SSSR count). The molecule has 0 fully saturated rings. The molecule has 0 aromatic carbocycles. The fourth-order valence-electron chi connectivity index (χ4n) is 5.41. The predicted molar refractivity (Wildman–Crippen MR) is 245 cm³/mol. The predicted octanol–water partition coefficient (Wildman–Crippen LogP) is 12.8. The first kappa shape index (κ1) is 55.4.